The van der Waals surface area contributed by atoms with Crippen molar-refractivity contribution < 1.29 is 4.79 Å². The first kappa shape index (κ1) is 18.4. The van der Waals surface area contributed by atoms with Crippen molar-refractivity contribution >= 4 is 6.29 Å². The first-order valence-electron chi connectivity index (χ1n) is 8.14. The third-order valence-electron chi connectivity index (χ3n) is 4.59. The molecule has 120 valence electrons. The maximum Gasteiger partial charge on any atom is 0.143 e. The van der Waals surface area contributed by atoms with Crippen LogP contribution in [0.15, 0.2) is 58.2 Å². The maximum atomic E-state index is 10.4. The number of aldehydes is 1. The summed E-state index contributed by atoms with van der Waals surface area (Å²) in [5, 5.41) is 0. The number of carbonyl (C=O) groups is 1. The van der Waals surface area contributed by atoms with Gasteiger partial charge in [-0.1, -0.05) is 43.7 Å². The minimum absolute atomic E-state index is 0.284. The SMILES string of the molecule is CC(C=CC(C)=C(C)C=CC1=C(C)CCCC1(C)C)=CC=O. The summed E-state index contributed by atoms with van der Waals surface area (Å²) in [6.45, 7) is 13.1. The van der Waals surface area contributed by atoms with Gasteiger partial charge < -0.3 is 0 Å². The van der Waals surface area contributed by atoms with Gasteiger partial charge in [-0.25, -0.2) is 0 Å². The molecule has 0 saturated heterocycles. The summed E-state index contributed by atoms with van der Waals surface area (Å²) in [5.41, 5.74) is 6.76. The minimum Gasteiger partial charge on any atom is -0.299 e. The van der Waals surface area contributed by atoms with Gasteiger partial charge in [0.05, 0.1) is 0 Å². The highest BCUT2D eigenvalue weighted by Crippen LogP contribution is 2.40. The molecule has 0 saturated carbocycles. The average Bonchev–Trinajstić information content (AvgIpc) is 2.43. The molecule has 1 aliphatic rings. The maximum absolute atomic E-state index is 10.4. The Morgan fingerprint density at radius 2 is 1.68 bits per heavy atom. The van der Waals surface area contributed by atoms with Crippen LogP contribution in [0.1, 0.15) is 60.8 Å². The second-order valence-electron chi connectivity index (χ2n) is 7.01. The van der Waals surface area contributed by atoms with Gasteiger partial charge in [0.2, 0.25) is 0 Å². The second-order valence-corrected chi connectivity index (χ2v) is 7.01. The Kier molecular flexibility index (Phi) is 6.80. The van der Waals surface area contributed by atoms with Crippen molar-refractivity contribution in [2.45, 2.75) is 60.8 Å². The Hall–Kier alpha value is -1.63. The lowest BCUT2D eigenvalue weighted by atomic mass is 9.72. The number of rotatable bonds is 5. The zero-order valence-corrected chi connectivity index (χ0v) is 15.0. The van der Waals surface area contributed by atoms with E-state index in [1.165, 1.54) is 41.6 Å². The Morgan fingerprint density at radius 3 is 2.27 bits per heavy atom. The number of carbonyl (C=O) groups excluding carboxylic acids is 1. The molecule has 1 heteroatoms. The third-order valence-corrected chi connectivity index (χ3v) is 4.59. The normalized spacial score (nSPS) is 20.7. The van der Waals surface area contributed by atoms with Gasteiger partial charge in [0, 0.05) is 0 Å². The van der Waals surface area contributed by atoms with Crippen LogP contribution in [0.2, 0.25) is 0 Å². The molecule has 0 fully saturated rings. The number of hydrogen-bond donors (Lipinski definition) is 0. The zero-order valence-electron chi connectivity index (χ0n) is 15.0. The largest absolute Gasteiger partial charge is 0.299 e. The molecule has 1 rings (SSSR count). The summed E-state index contributed by atoms with van der Waals surface area (Å²) in [4.78, 5) is 10.4. The van der Waals surface area contributed by atoms with Crippen molar-refractivity contribution in [3.63, 3.8) is 0 Å². The van der Waals surface area contributed by atoms with Crippen molar-refractivity contribution in [1.29, 1.82) is 0 Å². The third kappa shape index (κ3) is 5.29. The molecule has 0 aromatic carbocycles. The van der Waals surface area contributed by atoms with Crippen molar-refractivity contribution in [2.24, 2.45) is 5.41 Å². The first-order valence-corrected chi connectivity index (χ1v) is 8.14. The van der Waals surface area contributed by atoms with Crippen molar-refractivity contribution in [3.05, 3.63) is 58.2 Å². The molecule has 0 bridgehead atoms. The lowest BCUT2D eigenvalue weighted by Gasteiger charge is -2.33. The molecular formula is C21H30O. The summed E-state index contributed by atoms with van der Waals surface area (Å²) < 4.78 is 0. The molecule has 1 aliphatic carbocycles. The monoisotopic (exact) mass is 298 g/mol. The summed E-state index contributed by atoms with van der Waals surface area (Å²) in [6.07, 6.45) is 14.8. The molecule has 0 heterocycles. The van der Waals surface area contributed by atoms with Gasteiger partial charge in [0.25, 0.3) is 0 Å². The van der Waals surface area contributed by atoms with E-state index in [2.05, 4.69) is 52.8 Å². The molecular weight excluding hydrogens is 268 g/mol. The molecule has 0 spiro atoms. The van der Waals surface area contributed by atoms with Gasteiger partial charge in [-0.05, 0) is 80.7 Å². The fourth-order valence-electron chi connectivity index (χ4n) is 2.90. The van der Waals surface area contributed by atoms with E-state index < -0.39 is 0 Å². The fourth-order valence-corrected chi connectivity index (χ4v) is 2.90. The lowest BCUT2D eigenvalue weighted by molar-refractivity contribution is -0.104. The van der Waals surface area contributed by atoms with Crippen molar-refractivity contribution in [2.75, 3.05) is 0 Å². The van der Waals surface area contributed by atoms with Gasteiger partial charge in [-0.2, -0.15) is 0 Å². The predicted molar refractivity (Wildman–Crippen MR) is 96.8 cm³/mol. The molecule has 0 aromatic heterocycles. The van der Waals surface area contributed by atoms with Crippen LogP contribution in [0.25, 0.3) is 0 Å². The van der Waals surface area contributed by atoms with Crippen LogP contribution in [0.3, 0.4) is 0 Å². The average molecular weight is 298 g/mol. The molecule has 22 heavy (non-hydrogen) atoms. The van der Waals surface area contributed by atoms with E-state index in [-0.39, 0.29) is 5.41 Å². The minimum atomic E-state index is 0.284. The van der Waals surface area contributed by atoms with E-state index in [9.17, 15) is 4.79 Å². The molecule has 0 aliphatic heterocycles. The van der Waals surface area contributed by atoms with Crippen molar-refractivity contribution in [3.8, 4) is 0 Å². The van der Waals surface area contributed by atoms with Gasteiger partial charge >= 0.3 is 0 Å². The van der Waals surface area contributed by atoms with Crippen LogP contribution >= 0.6 is 0 Å². The van der Waals surface area contributed by atoms with Gasteiger partial charge in [0.15, 0.2) is 0 Å². The van der Waals surface area contributed by atoms with E-state index in [1.54, 1.807) is 6.08 Å². The molecule has 0 radical (unpaired) electrons. The molecule has 0 atom stereocenters. The molecule has 1 nitrogen and oxygen atoms in total. The standard InChI is InChI=1S/C21H30O/c1-16(13-15-22)9-10-17(2)18(3)11-12-20-19(4)8-7-14-21(20,5)6/h9-13,15H,7-8,14H2,1-6H3. The van der Waals surface area contributed by atoms with Crippen molar-refractivity contribution in [1.82, 2.24) is 0 Å². The van der Waals surface area contributed by atoms with Crippen LogP contribution in [0.4, 0.5) is 0 Å². The lowest BCUT2D eigenvalue weighted by Crippen LogP contribution is -2.19. The smallest absolute Gasteiger partial charge is 0.143 e. The molecule has 0 N–H and O–H groups in total. The van der Waals surface area contributed by atoms with Gasteiger partial charge in [-0.3, -0.25) is 4.79 Å². The van der Waals surface area contributed by atoms with Crippen LogP contribution in [-0.4, -0.2) is 6.29 Å². The van der Waals surface area contributed by atoms with E-state index in [1.807, 2.05) is 13.0 Å². The Balaban J connectivity index is 2.94. The van der Waals surface area contributed by atoms with Crippen LogP contribution in [-0.2, 0) is 4.79 Å². The fraction of sp³-hybridized carbons (Fsp3) is 0.476. The quantitative estimate of drug-likeness (QED) is 0.340. The predicted octanol–water partition coefficient (Wildman–Crippen LogP) is 6.11. The highest BCUT2D eigenvalue weighted by molar-refractivity contribution is 5.67. The topological polar surface area (TPSA) is 17.1 Å². The summed E-state index contributed by atoms with van der Waals surface area (Å²) >= 11 is 0. The summed E-state index contributed by atoms with van der Waals surface area (Å²) in [7, 11) is 0. The second kappa shape index (κ2) is 8.12. The van der Waals surface area contributed by atoms with E-state index in [0.717, 1.165) is 11.9 Å². The van der Waals surface area contributed by atoms with Gasteiger partial charge in [-0.15, -0.1) is 0 Å². The van der Waals surface area contributed by atoms with E-state index >= 15 is 0 Å². The highest BCUT2D eigenvalue weighted by Gasteiger charge is 2.26. The molecule has 0 unspecified atom stereocenters. The molecule has 0 amide bonds. The van der Waals surface area contributed by atoms with Crippen LogP contribution < -0.4 is 0 Å². The van der Waals surface area contributed by atoms with E-state index in [4.69, 9.17) is 0 Å². The number of hydrogen-bond acceptors (Lipinski definition) is 1. The van der Waals surface area contributed by atoms with Crippen LogP contribution in [0.5, 0.6) is 0 Å². The molecule has 0 aromatic rings. The first-order chi connectivity index (χ1) is 10.3. The van der Waals surface area contributed by atoms with Gasteiger partial charge in [0.1, 0.15) is 6.29 Å². The zero-order chi connectivity index (χ0) is 16.8. The number of allylic oxidation sites excluding steroid dienone is 10. The Labute approximate surface area is 136 Å². The van der Waals surface area contributed by atoms with Crippen LogP contribution in [0, 0.1) is 5.41 Å². The van der Waals surface area contributed by atoms with E-state index in [0.29, 0.717) is 0 Å². The Bertz CT molecular complexity index is 563. The Morgan fingerprint density at radius 1 is 1.05 bits per heavy atom. The highest BCUT2D eigenvalue weighted by atomic mass is 16.1. The summed E-state index contributed by atoms with van der Waals surface area (Å²) in [6, 6.07) is 0. The summed E-state index contributed by atoms with van der Waals surface area (Å²) in [5.74, 6) is 0.